The second-order valence-electron chi connectivity index (χ2n) is 8.11. The van der Waals surface area contributed by atoms with Crippen molar-refractivity contribution in [1.82, 2.24) is 15.5 Å². The van der Waals surface area contributed by atoms with Crippen molar-refractivity contribution in [1.29, 1.82) is 0 Å². The highest BCUT2D eigenvalue weighted by molar-refractivity contribution is 5.82. The average molecular weight is 324 g/mol. The molecule has 4 heteroatoms. The quantitative estimate of drug-likeness (QED) is 0.817. The Kier molecular flexibility index (Phi) is 7.35. The van der Waals surface area contributed by atoms with E-state index in [9.17, 15) is 4.79 Å². The number of likely N-dealkylation sites (tertiary alicyclic amines) is 1. The molecule has 0 unspecified atom stereocenters. The van der Waals surface area contributed by atoms with Crippen LogP contribution in [0.15, 0.2) is 0 Å². The monoisotopic (exact) mass is 323 g/mol. The SMILES string of the molecule is CC(C)NC(=O)[C@@H]1C[C@@H](NC2CCCCCCC2)CN1C(C)C. The molecule has 1 aliphatic heterocycles. The molecular formula is C19H37N3O. The Morgan fingerprint density at radius 3 is 2.13 bits per heavy atom. The summed E-state index contributed by atoms with van der Waals surface area (Å²) in [5, 5.41) is 6.99. The Bertz CT molecular complexity index is 362. The molecule has 0 aromatic heterocycles. The minimum Gasteiger partial charge on any atom is -0.353 e. The van der Waals surface area contributed by atoms with Crippen LogP contribution < -0.4 is 10.6 Å². The Labute approximate surface area is 142 Å². The van der Waals surface area contributed by atoms with Gasteiger partial charge in [-0.05, 0) is 47.0 Å². The molecular weight excluding hydrogens is 286 g/mol. The van der Waals surface area contributed by atoms with E-state index in [1.807, 2.05) is 13.8 Å². The Morgan fingerprint density at radius 2 is 1.57 bits per heavy atom. The Hall–Kier alpha value is -0.610. The van der Waals surface area contributed by atoms with E-state index in [0.29, 0.717) is 18.1 Å². The summed E-state index contributed by atoms with van der Waals surface area (Å²) < 4.78 is 0. The Balaban J connectivity index is 1.91. The van der Waals surface area contributed by atoms with Crippen LogP contribution >= 0.6 is 0 Å². The number of hydrogen-bond donors (Lipinski definition) is 2. The van der Waals surface area contributed by atoms with Gasteiger partial charge >= 0.3 is 0 Å². The second kappa shape index (κ2) is 9.03. The number of rotatable bonds is 5. The number of nitrogens with zero attached hydrogens (tertiary/aromatic N) is 1. The van der Waals surface area contributed by atoms with Gasteiger partial charge in [0.15, 0.2) is 0 Å². The molecule has 1 saturated carbocycles. The van der Waals surface area contributed by atoms with Crippen LogP contribution in [0.1, 0.15) is 79.1 Å². The fourth-order valence-corrected chi connectivity index (χ4v) is 4.15. The zero-order valence-electron chi connectivity index (χ0n) is 15.6. The maximum absolute atomic E-state index is 12.5. The lowest BCUT2D eigenvalue weighted by molar-refractivity contribution is -0.126. The van der Waals surface area contributed by atoms with Crippen LogP contribution in [0, 0.1) is 0 Å². The summed E-state index contributed by atoms with van der Waals surface area (Å²) in [5.74, 6) is 0.204. The number of hydrogen-bond acceptors (Lipinski definition) is 3. The van der Waals surface area contributed by atoms with Crippen molar-refractivity contribution in [2.75, 3.05) is 6.54 Å². The zero-order valence-corrected chi connectivity index (χ0v) is 15.6. The van der Waals surface area contributed by atoms with Crippen LogP contribution in [0.25, 0.3) is 0 Å². The van der Waals surface area contributed by atoms with Crippen molar-refractivity contribution < 1.29 is 4.79 Å². The van der Waals surface area contributed by atoms with E-state index in [4.69, 9.17) is 0 Å². The molecule has 2 aliphatic rings. The minimum absolute atomic E-state index is 0.0310. The third-order valence-corrected chi connectivity index (χ3v) is 5.31. The minimum atomic E-state index is 0.0310. The van der Waals surface area contributed by atoms with Gasteiger partial charge in [0.1, 0.15) is 0 Å². The van der Waals surface area contributed by atoms with Crippen LogP contribution in [0.3, 0.4) is 0 Å². The van der Waals surface area contributed by atoms with Gasteiger partial charge in [0.25, 0.3) is 0 Å². The standard InChI is InChI=1S/C19H37N3O/c1-14(2)20-19(23)18-12-17(13-22(18)15(3)4)21-16-10-8-6-5-7-9-11-16/h14-18,21H,5-13H2,1-4H3,(H,20,23)/t17-,18+/m1/s1. The first kappa shape index (κ1) is 18.7. The molecule has 1 aliphatic carbocycles. The lowest BCUT2D eigenvalue weighted by atomic mass is 9.96. The molecule has 1 saturated heterocycles. The average Bonchev–Trinajstić information content (AvgIpc) is 2.85. The Morgan fingerprint density at radius 1 is 0.957 bits per heavy atom. The second-order valence-corrected chi connectivity index (χ2v) is 8.11. The van der Waals surface area contributed by atoms with Gasteiger partial charge in [-0.1, -0.05) is 32.1 Å². The summed E-state index contributed by atoms with van der Waals surface area (Å²) in [6.07, 6.45) is 10.5. The van der Waals surface area contributed by atoms with Crippen molar-refractivity contribution in [2.24, 2.45) is 0 Å². The molecule has 0 spiro atoms. The van der Waals surface area contributed by atoms with Crippen LogP contribution in [0.5, 0.6) is 0 Å². The predicted molar refractivity (Wildman–Crippen MR) is 96.6 cm³/mol. The number of carbonyl (C=O) groups is 1. The number of carbonyl (C=O) groups excluding carboxylic acids is 1. The first-order valence-corrected chi connectivity index (χ1v) is 9.79. The molecule has 134 valence electrons. The van der Waals surface area contributed by atoms with Gasteiger partial charge in [-0.15, -0.1) is 0 Å². The van der Waals surface area contributed by atoms with E-state index in [-0.39, 0.29) is 18.0 Å². The van der Waals surface area contributed by atoms with E-state index >= 15 is 0 Å². The van der Waals surface area contributed by atoms with E-state index in [1.165, 1.54) is 44.9 Å². The van der Waals surface area contributed by atoms with Gasteiger partial charge in [0.05, 0.1) is 6.04 Å². The maximum Gasteiger partial charge on any atom is 0.237 e. The lowest BCUT2D eigenvalue weighted by Crippen LogP contribution is -2.47. The maximum atomic E-state index is 12.5. The molecule has 2 rings (SSSR count). The smallest absolute Gasteiger partial charge is 0.237 e. The molecule has 2 N–H and O–H groups in total. The molecule has 23 heavy (non-hydrogen) atoms. The van der Waals surface area contributed by atoms with Gasteiger partial charge in [0, 0.05) is 30.7 Å². The fraction of sp³-hybridized carbons (Fsp3) is 0.947. The molecule has 0 aromatic rings. The molecule has 0 aromatic carbocycles. The summed E-state index contributed by atoms with van der Waals surface area (Å²) in [5.41, 5.74) is 0. The van der Waals surface area contributed by atoms with E-state index < -0.39 is 0 Å². The van der Waals surface area contributed by atoms with Crippen LogP contribution in [0.4, 0.5) is 0 Å². The third kappa shape index (κ3) is 5.75. The van der Waals surface area contributed by atoms with Gasteiger partial charge in [-0.25, -0.2) is 0 Å². The first-order valence-electron chi connectivity index (χ1n) is 9.79. The summed E-state index contributed by atoms with van der Waals surface area (Å²) in [7, 11) is 0. The molecule has 4 nitrogen and oxygen atoms in total. The summed E-state index contributed by atoms with van der Waals surface area (Å²) >= 11 is 0. The summed E-state index contributed by atoms with van der Waals surface area (Å²) in [6.45, 7) is 9.49. The van der Waals surface area contributed by atoms with Crippen molar-refractivity contribution in [3.05, 3.63) is 0 Å². The first-order chi connectivity index (χ1) is 11.0. The van der Waals surface area contributed by atoms with Crippen molar-refractivity contribution in [2.45, 2.75) is 109 Å². The van der Waals surface area contributed by atoms with Crippen molar-refractivity contribution in [3.63, 3.8) is 0 Å². The van der Waals surface area contributed by atoms with Gasteiger partial charge < -0.3 is 10.6 Å². The van der Waals surface area contributed by atoms with Gasteiger partial charge in [-0.2, -0.15) is 0 Å². The zero-order chi connectivity index (χ0) is 16.8. The van der Waals surface area contributed by atoms with Crippen LogP contribution in [-0.2, 0) is 4.79 Å². The van der Waals surface area contributed by atoms with Crippen molar-refractivity contribution in [3.8, 4) is 0 Å². The molecule has 1 amide bonds. The van der Waals surface area contributed by atoms with E-state index in [2.05, 4.69) is 29.4 Å². The van der Waals surface area contributed by atoms with Crippen molar-refractivity contribution >= 4 is 5.91 Å². The largest absolute Gasteiger partial charge is 0.353 e. The summed E-state index contributed by atoms with van der Waals surface area (Å²) in [4.78, 5) is 14.9. The van der Waals surface area contributed by atoms with Crippen LogP contribution in [-0.4, -0.2) is 47.6 Å². The molecule has 2 fully saturated rings. The fourth-order valence-electron chi connectivity index (χ4n) is 4.15. The van der Waals surface area contributed by atoms with E-state index in [1.54, 1.807) is 0 Å². The van der Waals surface area contributed by atoms with Gasteiger partial charge in [0.2, 0.25) is 5.91 Å². The number of nitrogens with one attached hydrogen (secondary N) is 2. The lowest BCUT2D eigenvalue weighted by Gasteiger charge is -2.28. The van der Waals surface area contributed by atoms with Crippen LogP contribution in [0.2, 0.25) is 0 Å². The molecule has 1 heterocycles. The third-order valence-electron chi connectivity index (χ3n) is 5.31. The highest BCUT2D eigenvalue weighted by atomic mass is 16.2. The molecule has 0 bridgehead atoms. The topological polar surface area (TPSA) is 44.4 Å². The summed E-state index contributed by atoms with van der Waals surface area (Å²) in [6, 6.07) is 1.78. The van der Waals surface area contributed by atoms with E-state index in [0.717, 1.165) is 13.0 Å². The normalized spacial score (nSPS) is 28.1. The van der Waals surface area contributed by atoms with Gasteiger partial charge in [-0.3, -0.25) is 9.69 Å². The molecule has 0 radical (unpaired) electrons. The highest BCUT2D eigenvalue weighted by Gasteiger charge is 2.38. The highest BCUT2D eigenvalue weighted by Crippen LogP contribution is 2.24. The predicted octanol–water partition coefficient (Wildman–Crippen LogP) is 3.06. The number of amides is 1. The molecule has 2 atom stereocenters.